The molecule has 2 amide bonds. The smallest absolute Gasteiger partial charge is 0.416 e. The van der Waals surface area contributed by atoms with E-state index in [0.717, 1.165) is 12.1 Å². The van der Waals surface area contributed by atoms with E-state index in [1.54, 1.807) is 0 Å². The maximum atomic E-state index is 12.6. The minimum Gasteiger partial charge on any atom is -0.459 e. The number of halogens is 3. The maximum absolute atomic E-state index is 12.6. The van der Waals surface area contributed by atoms with Gasteiger partial charge >= 0.3 is 6.18 Å². The number of alkyl halides is 3. The largest absolute Gasteiger partial charge is 0.459 e. The number of hydrogen-bond donors (Lipinski definition) is 2. The summed E-state index contributed by atoms with van der Waals surface area (Å²) in [4.78, 5) is 23.7. The van der Waals surface area contributed by atoms with Crippen molar-refractivity contribution < 1.29 is 27.2 Å². The molecule has 0 bridgehead atoms. The fourth-order valence-electron chi connectivity index (χ4n) is 1.76. The van der Waals surface area contributed by atoms with Gasteiger partial charge in [-0.05, 0) is 37.3 Å². The molecule has 1 atom stereocenters. The lowest BCUT2D eigenvalue weighted by Crippen LogP contribution is -2.41. The molecule has 1 heterocycles. The number of carbonyl (C=O) groups excluding carboxylic acids is 2. The zero-order valence-electron chi connectivity index (χ0n) is 12.0. The number of rotatable bonds is 4. The van der Waals surface area contributed by atoms with Crippen LogP contribution in [0.3, 0.4) is 0 Å². The third-order valence-corrected chi connectivity index (χ3v) is 2.94. The predicted octanol–water partition coefficient (Wildman–Crippen LogP) is 3.06. The number of anilines is 1. The van der Waals surface area contributed by atoms with Gasteiger partial charge in [0.15, 0.2) is 5.76 Å². The van der Waals surface area contributed by atoms with E-state index in [-0.39, 0.29) is 11.4 Å². The van der Waals surface area contributed by atoms with E-state index < -0.39 is 29.6 Å². The number of amides is 2. The van der Waals surface area contributed by atoms with Crippen molar-refractivity contribution >= 4 is 17.5 Å². The van der Waals surface area contributed by atoms with Gasteiger partial charge in [-0.3, -0.25) is 9.59 Å². The van der Waals surface area contributed by atoms with Crippen LogP contribution in [-0.4, -0.2) is 17.9 Å². The standard InChI is InChI=1S/C15H13F3N2O3/c1-9(19-14(22)12-6-3-7-23-12)13(21)20-11-5-2-4-10(8-11)15(16,17)18/h2-9H,1H3,(H,19,22)(H,20,21)/t9-/m1/s1. The minimum absolute atomic E-state index is 0.0103. The first kappa shape index (κ1) is 16.6. The third-order valence-electron chi connectivity index (χ3n) is 2.94. The summed E-state index contributed by atoms with van der Waals surface area (Å²) in [6, 6.07) is 6.21. The molecule has 0 saturated carbocycles. The average molecular weight is 326 g/mol. The van der Waals surface area contributed by atoms with Crippen LogP contribution < -0.4 is 10.6 Å². The van der Waals surface area contributed by atoms with Gasteiger partial charge in [0.05, 0.1) is 11.8 Å². The summed E-state index contributed by atoms with van der Waals surface area (Å²) in [5.41, 5.74) is -0.883. The minimum atomic E-state index is -4.50. The lowest BCUT2D eigenvalue weighted by molar-refractivity contribution is -0.137. The van der Waals surface area contributed by atoms with Gasteiger partial charge < -0.3 is 15.1 Å². The van der Waals surface area contributed by atoms with Crippen LogP contribution in [0.5, 0.6) is 0 Å². The zero-order valence-corrected chi connectivity index (χ0v) is 12.0. The molecule has 0 fully saturated rings. The molecule has 23 heavy (non-hydrogen) atoms. The molecule has 5 nitrogen and oxygen atoms in total. The van der Waals surface area contributed by atoms with Crippen molar-refractivity contribution in [2.45, 2.75) is 19.1 Å². The van der Waals surface area contributed by atoms with Crippen LogP contribution in [0.25, 0.3) is 0 Å². The van der Waals surface area contributed by atoms with Crippen molar-refractivity contribution in [1.82, 2.24) is 5.32 Å². The molecule has 122 valence electrons. The molecule has 8 heteroatoms. The Kier molecular flexibility index (Phi) is 4.73. The molecule has 0 aliphatic rings. The Morgan fingerprint density at radius 2 is 1.91 bits per heavy atom. The quantitative estimate of drug-likeness (QED) is 0.907. The van der Waals surface area contributed by atoms with E-state index in [2.05, 4.69) is 10.6 Å². The Morgan fingerprint density at radius 3 is 2.52 bits per heavy atom. The number of benzene rings is 1. The van der Waals surface area contributed by atoms with Gasteiger partial charge in [0.1, 0.15) is 6.04 Å². The van der Waals surface area contributed by atoms with Crippen molar-refractivity contribution in [3.63, 3.8) is 0 Å². The molecule has 2 aromatic rings. The first-order valence-corrected chi connectivity index (χ1v) is 6.60. The van der Waals surface area contributed by atoms with Crippen molar-refractivity contribution in [3.8, 4) is 0 Å². The topological polar surface area (TPSA) is 71.3 Å². The molecule has 0 aliphatic carbocycles. The average Bonchev–Trinajstić information content (AvgIpc) is 3.00. The first-order valence-electron chi connectivity index (χ1n) is 6.60. The monoisotopic (exact) mass is 326 g/mol. The molecule has 0 unspecified atom stereocenters. The summed E-state index contributed by atoms with van der Waals surface area (Å²) in [6.45, 7) is 1.41. The zero-order chi connectivity index (χ0) is 17.0. The molecule has 0 aliphatic heterocycles. The van der Waals surface area contributed by atoms with E-state index >= 15 is 0 Å². The highest BCUT2D eigenvalue weighted by molar-refractivity contribution is 5.99. The molecule has 1 aromatic heterocycles. The van der Waals surface area contributed by atoms with Gasteiger partial charge in [-0.2, -0.15) is 13.2 Å². The van der Waals surface area contributed by atoms with Crippen LogP contribution in [0.2, 0.25) is 0 Å². The van der Waals surface area contributed by atoms with E-state index in [1.807, 2.05) is 0 Å². The Morgan fingerprint density at radius 1 is 1.17 bits per heavy atom. The number of carbonyl (C=O) groups is 2. The summed E-state index contributed by atoms with van der Waals surface area (Å²) >= 11 is 0. The Labute approximate surface area is 129 Å². The van der Waals surface area contributed by atoms with Crippen molar-refractivity contribution in [2.24, 2.45) is 0 Å². The Hall–Kier alpha value is -2.77. The third kappa shape index (κ3) is 4.35. The van der Waals surface area contributed by atoms with Crippen LogP contribution in [0, 0.1) is 0 Å². The molecule has 0 saturated heterocycles. The van der Waals surface area contributed by atoms with Crippen LogP contribution in [0.15, 0.2) is 47.1 Å². The lowest BCUT2D eigenvalue weighted by atomic mass is 10.2. The highest BCUT2D eigenvalue weighted by atomic mass is 19.4. The fourth-order valence-corrected chi connectivity index (χ4v) is 1.76. The molecule has 2 N–H and O–H groups in total. The van der Waals surface area contributed by atoms with Gasteiger partial charge in [-0.1, -0.05) is 6.07 Å². The van der Waals surface area contributed by atoms with Gasteiger partial charge in [0, 0.05) is 5.69 Å². The Bertz CT molecular complexity index is 696. The molecule has 2 rings (SSSR count). The van der Waals surface area contributed by atoms with Gasteiger partial charge in [0.2, 0.25) is 5.91 Å². The number of nitrogens with one attached hydrogen (secondary N) is 2. The normalized spacial score (nSPS) is 12.5. The maximum Gasteiger partial charge on any atom is 0.416 e. The number of hydrogen-bond acceptors (Lipinski definition) is 3. The summed E-state index contributed by atoms with van der Waals surface area (Å²) in [5, 5.41) is 4.70. The van der Waals surface area contributed by atoms with E-state index in [0.29, 0.717) is 0 Å². The number of furan rings is 1. The van der Waals surface area contributed by atoms with Crippen LogP contribution in [-0.2, 0) is 11.0 Å². The highest BCUT2D eigenvalue weighted by Gasteiger charge is 2.30. The van der Waals surface area contributed by atoms with Gasteiger partial charge in [-0.15, -0.1) is 0 Å². The predicted molar refractivity (Wildman–Crippen MR) is 75.7 cm³/mol. The second-order valence-electron chi connectivity index (χ2n) is 4.74. The SMILES string of the molecule is C[C@@H](NC(=O)c1ccco1)C(=O)Nc1cccc(C(F)(F)F)c1. The molecule has 0 spiro atoms. The molecular weight excluding hydrogens is 313 g/mol. The van der Waals surface area contributed by atoms with E-state index in [4.69, 9.17) is 4.42 Å². The second-order valence-corrected chi connectivity index (χ2v) is 4.74. The van der Waals surface area contributed by atoms with Crippen molar-refractivity contribution in [1.29, 1.82) is 0 Å². The molecular formula is C15H13F3N2O3. The molecule has 0 radical (unpaired) electrons. The van der Waals surface area contributed by atoms with Gasteiger partial charge in [-0.25, -0.2) is 0 Å². The van der Waals surface area contributed by atoms with Gasteiger partial charge in [0.25, 0.3) is 5.91 Å². The lowest BCUT2D eigenvalue weighted by Gasteiger charge is -2.14. The van der Waals surface area contributed by atoms with E-state index in [9.17, 15) is 22.8 Å². The van der Waals surface area contributed by atoms with Crippen LogP contribution in [0.4, 0.5) is 18.9 Å². The van der Waals surface area contributed by atoms with Crippen LogP contribution >= 0.6 is 0 Å². The van der Waals surface area contributed by atoms with E-state index in [1.165, 1.54) is 37.5 Å². The highest BCUT2D eigenvalue weighted by Crippen LogP contribution is 2.30. The fraction of sp³-hybridized carbons (Fsp3) is 0.200. The first-order chi connectivity index (χ1) is 10.8. The second kappa shape index (κ2) is 6.55. The Balaban J connectivity index is 2.00. The summed E-state index contributed by atoms with van der Waals surface area (Å²) in [6.07, 6.45) is -3.19. The van der Waals surface area contributed by atoms with Crippen molar-refractivity contribution in [2.75, 3.05) is 5.32 Å². The van der Waals surface area contributed by atoms with Crippen LogP contribution in [0.1, 0.15) is 23.0 Å². The molecule has 1 aromatic carbocycles. The summed E-state index contributed by atoms with van der Waals surface area (Å²) < 4.78 is 42.7. The van der Waals surface area contributed by atoms with Crippen molar-refractivity contribution in [3.05, 3.63) is 54.0 Å². The summed E-state index contributed by atoms with van der Waals surface area (Å²) in [7, 11) is 0. The summed E-state index contributed by atoms with van der Waals surface area (Å²) in [5.74, 6) is -1.21.